The second kappa shape index (κ2) is 3.41. The summed E-state index contributed by atoms with van der Waals surface area (Å²) in [6, 6.07) is 0. The number of hydrogen-bond donors (Lipinski definition) is 2. The molecule has 0 aliphatic carbocycles. The Morgan fingerprint density at radius 2 is 2.17 bits per heavy atom. The molecular formula is C8H14N2OS. The molecule has 0 aliphatic rings. The van der Waals surface area contributed by atoms with Crippen molar-refractivity contribution >= 4 is 16.5 Å². The first-order chi connectivity index (χ1) is 5.62. The molecule has 0 amide bonds. The summed E-state index contributed by atoms with van der Waals surface area (Å²) in [6.45, 7) is 3.89. The van der Waals surface area contributed by atoms with E-state index >= 15 is 0 Å². The smallest absolute Gasteiger partial charge is 0.180 e. The van der Waals surface area contributed by atoms with Crippen LogP contribution < -0.4 is 5.73 Å². The van der Waals surface area contributed by atoms with E-state index < -0.39 is 5.60 Å². The van der Waals surface area contributed by atoms with Crippen molar-refractivity contribution in [2.45, 2.75) is 32.3 Å². The molecule has 0 bridgehead atoms. The first kappa shape index (κ1) is 9.48. The fourth-order valence-corrected chi connectivity index (χ4v) is 1.77. The van der Waals surface area contributed by atoms with E-state index in [1.54, 1.807) is 0 Å². The minimum absolute atomic E-state index is 0.519. The fraction of sp³-hybridized carbons (Fsp3) is 0.625. The molecular weight excluding hydrogens is 172 g/mol. The first-order valence-electron chi connectivity index (χ1n) is 4.06. The maximum Gasteiger partial charge on any atom is 0.180 e. The molecule has 0 unspecified atom stereocenters. The third kappa shape index (κ3) is 1.59. The van der Waals surface area contributed by atoms with Gasteiger partial charge in [0.05, 0.1) is 5.69 Å². The minimum atomic E-state index is -0.784. The molecule has 0 spiro atoms. The van der Waals surface area contributed by atoms with Crippen LogP contribution in [0.4, 0.5) is 5.13 Å². The van der Waals surface area contributed by atoms with E-state index in [0.717, 1.165) is 0 Å². The lowest BCUT2D eigenvalue weighted by atomic mass is 9.94. The highest BCUT2D eigenvalue weighted by Crippen LogP contribution is 2.29. The van der Waals surface area contributed by atoms with Crippen LogP contribution in [-0.4, -0.2) is 10.1 Å². The van der Waals surface area contributed by atoms with Gasteiger partial charge in [0, 0.05) is 5.38 Å². The van der Waals surface area contributed by atoms with Gasteiger partial charge in [-0.05, 0) is 12.8 Å². The van der Waals surface area contributed by atoms with Crippen molar-refractivity contribution in [3.8, 4) is 0 Å². The SMILES string of the molecule is CCC(O)(CC)c1csc(N)n1. The molecule has 3 N–H and O–H groups in total. The number of anilines is 1. The lowest BCUT2D eigenvalue weighted by molar-refractivity contribution is 0.0247. The molecule has 0 aromatic carbocycles. The van der Waals surface area contributed by atoms with Crippen LogP contribution in [0, 0.1) is 0 Å². The Labute approximate surface area is 76.3 Å². The number of aliphatic hydroxyl groups is 1. The summed E-state index contributed by atoms with van der Waals surface area (Å²) in [7, 11) is 0. The van der Waals surface area contributed by atoms with Crippen LogP contribution in [0.15, 0.2) is 5.38 Å². The zero-order chi connectivity index (χ0) is 9.19. The van der Waals surface area contributed by atoms with Gasteiger partial charge in [0.15, 0.2) is 5.13 Å². The predicted octanol–water partition coefficient (Wildman–Crippen LogP) is 1.73. The molecule has 0 saturated heterocycles. The van der Waals surface area contributed by atoms with Crippen molar-refractivity contribution in [3.63, 3.8) is 0 Å². The molecule has 0 fully saturated rings. The van der Waals surface area contributed by atoms with Crippen LogP contribution in [0.5, 0.6) is 0 Å². The number of aromatic nitrogens is 1. The Bertz CT molecular complexity index is 255. The normalized spacial score (nSPS) is 11.9. The predicted molar refractivity (Wildman–Crippen MR) is 51.0 cm³/mol. The van der Waals surface area contributed by atoms with Crippen molar-refractivity contribution in [2.24, 2.45) is 0 Å². The quantitative estimate of drug-likeness (QED) is 0.755. The van der Waals surface area contributed by atoms with Gasteiger partial charge in [-0.3, -0.25) is 0 Å². The Balaban J connectivity index is 2.94. The van der Waals surface area contributed by atoms with Gasteiger partial charge in [0.25, 0.3) is 0 Å². The van der Waals surface area contributed by atoms with Crippen LogP contribution in [0.2, 0.25) is 0 Å². The number of nitrogens with zero attached hydrogens (tertiary/aromatic N) is 1. The number of nitrogen functional groups attached to an aromatic ring is 1. The Morgan fingerprint density at radius 3 is 2.50 bits per heavy atom. The zero-order valence-corrected chi connectivity index (χ0v) is 8.19. The number of nitrogens with two attached hydrogens (primary N) is 1. The van der Waals surface area contributed by atoms with Gasteiger partial charge in [-0.1, -0.05) is 13.8 Å². The Kier molecular flexibility index (Phi) is 2.69. The molecule has 68 valence electrons. The topological polar surface area (TPSA) is 59.1 Å². The zero-order valence-electron chi connectivity index (χ0n) is 7.37. The van der Waals surface area contributed by atoms with Crippen molar-refractivity contribution in [1.82, 2.24) is 4.98 Å². The maximum atomic E-state index is 10.0. The molecule has 1 aromatic rings. The van der Waals surface area contributed by atoms with Crippen LogP contribution in [0.3, 0.4) is 0 Å². The summed E-state index contributed by atoms with van der Waals surface area (Å²) in [5, 5.41) is 12.3. The summed E-state index contributed by atoms with van der Waals surface area (Å²) >= 11 is 1.37. The van der Waals surface area contributed by atoms with Crippen LogP contribution in [0.25, 0.3) is 0 Å². The van der Waals surface area contributed by atoms with Crippen LogP contribution in [0.1, 0.15) is 32.4 Å². The molecule has 0 saturated carbocycles. The molecule has 0 aliphatic heterocycles. The van der Waals surface area contributed by atoms with Crippen molar-refractivity contribution < 1.29 is 5.11 Å². The van der Waals surface area contributed by atoms with E-state index in [2.05, 4.69) is 4.98 Å². The summed E-state index contributed by atoms with van der Waals surface area (Å²) < 4.78 is 0. The molecule has 1 heterocycles. The van der Waals surface area contributed by atoms with Gasteiger partial charge in [-0.2, -0.15) is 0 Å². The second-order valence-electron chi connectivity index (χ2n) is 2.81. The van der Waals surface area contributed by atoms with E-state index in [0.29, 0.717) is 23.7 Å². The molecule has 12 heavy (non-hydrogen) atoms. The van der Waals surface area contributed by atoms with E-state index in [1.165, 1.54) is 11.3 Å². The first-order valence-corrected chi connectivity index (χ1v) is 4.94. The number of rotatable bonds is 3. The average Bonchev–Trinajstić information content (AvgIpc) is 2.51. The highest BCUT2D eigenvalue weighted by Gasteiger charge is 2.27. The number of hydrogen-bond acceptors (Lipinski definition) is 4. The van der Waals surface area contributed by atoms with Gasteiger partial charge in [-0.25, -0.2) is 4.98 Å². The molecule has 1 rings (SSSR count). The fourth-order valence-electron chi connectivity index (χ4n) is 1.11. The summed E-state index contributed by atoms with van der Waals surface area (Å²) in [5.41, 5.74) is 5.40. The molecule has 3 nitrogen and oxygen atoms in total. The van der Waals surface area contributed by atoms with Gasteiger partial charge in [0.2, 0.25) is 0 Å². The lowest BCUT2D eigenvalue weighted by Gasteiger charge is -2.22. The van der Waals surface area contributed by atoms with Crippen molar-refractivity contribution in [1.29, 1.82) is 0 Å². The van der Waals surface area contributed by atoms with Gasteiger partial charge in [-0.15, -0.1) is 11.3 Å². The van der Waals surface area contributed by atoms with Gasteiger partial charge >= 0.3 is 0 Å². The Morgan fingerprint density at radius 1 is 1.58 bits per heavy atom. The Hall–Kier alpha value is -0.610. The van der Waals surface area contributed by atoms with Crippen LogP contribution in [-0.2, 0) is 5.60 Å². The minimum Gasteiger partial charge on any atom is -0.384 e. The van der Waals surface area contributed by atoms with Gasteiger partial charge in [0.1, 0.15) is 5.60 Å². The summed E-state index contributed by atoms with van der Waals surface area (Å²) in [5.74, 6) is 0. The van der Waals surface area contributed by atoms with E-state index in [-0.39, 0.29) is 0 Å². The second-order valence-corrected chi connectivity index (χ2v) is 3.70. The third-order valence-electron chi connectivity index (χ3n) is 2.17. The molecule has 1 aromatic heterocycles. The maximum absolute atomic E-state index is 10.0. The van der Waals surface area contributed by atoms with E-state index in [1.807, 2.05) is 19.2 Å². The highest BCUT2D eigenvalue weighted by molar-refractivity contribution is 7.13. The molecule has 0 atom stereocenters. The average molecular weight is 186 g/mol. The van der Waals surface area contributed by atoms with E-state index in [4.69, 9.17) is 5.73 Å². The lowest BCUT2D eigenvalue weighted by Crippen LogP contribution is -2.23. The van der Waals surface area contributed by atoms with Crippen LogP contribution >= 0.6 is 11.3 Å². The summed E-state index contributed by atoms with van der Waals surface area (Å²) in [6.07, 6.45) is 1.35. The monoisotopic (exact) mass is 186 g/mol. The third-order valence-corrected chi connectivity index (χ3v) is 2.84. The largest absolute Gasteiger partial charge is 0.384 e. The van der Waals surface area contributed by atoms with Gasteiger partial charge < -0.3 is 10.8 Å². The number of thiazole rings is 1. The molecule has 4 heteroatoms. The standard InChI is InChI=1S/C8H14N2OS/c1-3-8(11,4-2)6-5-12-7(9)10-6/h5,11H,3-4H2,1-2H3,(H2,9,10). The van der Waals surface area contributed by atoms with E-state index in [9.17, 15) is 5.11 Å². The highest BCUT2D eigenvalue weighted by atomic mass is 32.1. The summed E-state index contributed by atoms with van der Waals surface area (Å²) in [4.78, 5) is 4.07. The molecule has 0 radical (unpaired) electrons. The van der Waals surface area contributed by atoms with Crippen molar-refractivity contribution in [3.05, 3.63) is 11.1 Å². The van der Waals surface area contributed by atoms with Crippen molar-refractivity contribution in [2.75, 3.05) is 5.73 Å².